The maximum absolute atomic E-state index is 12.4. The topological polar surface area (TPSA) is 95.8 Å². The molecule has 0 spiro atoms. The molecule has 124 valence electrons. The second-order valence-corrected chi connectivity index (χ2v) is 4.96. The van der Waals surface area contributed by atoms with Crippen LogP contribution >= 0.6 is 0 Å². The zero-order chi connectivity index (χ0) is 16.9. The van der Waals surface area contributed by atoms with Crippen LogP contribution in [0.5, 0.6) is 0 Å². The van der Waals surface area contributed by atoms with Crippen LogP contribution < -0.4 is 5.48 Å². The Balaban J connectivity index is 2.19. The average molecular weight is 320 g/mol. The molecule has 0 bridgehead atoms. The molecule has 0 radical (unpaired) electrons. The number of nitrogens with zero attached hydrogens (tertiary/aromatic N) is 3. The van der Waals surface area contributed by atoms with Gasteiger partial charge in [-0.1, -0.05) is 35.5 Å². The summed E-state index contributed by atoms with van der Waals surface area (Å²) in [6, 6.07) is 9.47. The van der Waals surface area contributed by atoms with Crippen molar-refractivity contribution < 1.29 is 19.6 Å². The summed E-state index contributed by atoms with van der Waals surface area (Å²) in [6.07, 6.45) is 0. The van der Waals surface area contributed by atoms with Gasteiger partial charge in [0.15, 0.2) is 0 Å². The number of hydrogen-bond acceptors (Lipinski definition) is 7. The molecule has 1 atom stereocenters. The van der Waals surface area contributed by atoms with E-state index in [2.05, 4.69) is 10.3 Å². The van der Waals surface area contributed by atoms with Crippen LogP contribution in [0.25, 0.3) is 0 Å². The van der Waals surface area contributed by atoms with Crippen LogP contribution in [0.2, 0.25) is 0 Å². The van der Waals surface area contributed by atoms with Crippen LogP contribution in [-0.4, -0.2) is 46.9 Å². The monoisotopic (exact) mass is 320 g/mol. The number of carbonyl (C=O) groups is 1. The summed E-state index contributed by atoms with van der Waals surface area (Å²) >= 11 is 0. The fourth-order valence-electron chi connectivity index (χ4n) is 2.20. The molecule has 2 N–H and O–H groups in total. The molecule has 1 aromatic carbocycles. The van der Waals surface area contributed by atoms with E-state index in [1.54, 1.807) is 13.8 Å². The number of carbonyl (C=O) groups excluding carboxylic acids is 1. The predicted molar refractivity (Wildman–Crippen MR) is 83.8 cm³/mol. The maximum atomic E-state index is 12.4. The zero-order valence-electron chi connectivity index (χ0n) is 13.3. The van der Waals surface area contributed by atoms with Gasteiger partial charge >= 0.3 is 0 Å². The van der Waals surface area contributed by atoms with Gasteiger partial charge in [-0.15, -0.1) is 5.10 Å². The lowest BCUT2D eigenvalue weighted by Crippen LogP contribution is -2.61. The van der Waals surface area contributed by atoms with Crippen molar-refractivity contribution in [2.24, 2.45) is 10.3 Å². The van der Waals surface area contributed by atoms with Gasteiger partial charge in [0.05, 0.1) is 12.3 Å². The highest BCUT2D eigenvalue weighted by molar-refractivity contribution is 6.31. The Kier molecular flexibility index (Phi) is 5.30. The number of likely N-dealkylation sites (N-methyl/N-ethyl adjacent to an activating group) is 1. The van der Waals surface area contributed by atoms with E-state index in [1.165, 1.54) is 7.05 Å². The zero-order valence-corrected chi connectivity index (χ0v) is 13.3. The predicted octanol–water partition coefficient (Wildman–Crippen LogP) is 1.12. The fourth-order valence-corrected chi connectivity index (χ4v) is 2.20. The number of benzene rings is 1. The highest BCUT2D eigenvalue weighted by Crippen LogP contribution is 2.22. The second kappa shape index (κ2) is 7.21. The van der Waals surface area contributed by atoms with E-state index in [0.29, 0.717) is 6.61 Å². The third-order valence-corrected chi connectivity index (χ3v) is 3.44. The van der Waals surface area contributed by atoms with Gasteiger partial charge in [-0.2, -0.15) is 5.48 Å². The number of oxime groups is 1. The SMILES string of the molecule is CCOC1=NN(C)C(=O)C1(NO)/C(C)=N/OCc1ccccc1. The molecule has 1 aliphatic heterocycles. The molecule has 0 aromatic heterocycles. The molecule has 0 saturated carbocycles. The van der Waals surface area contributed by atoms with Crippen molar-refractivity contribution >= 4 is 17.5 Å². The summed E-state index contributed by atoms with van der Waals surface area (Å²) in [5.41, 5.74) is 1.44. The number of hydrogen-bond donors (Lipinski definition) is 2. The van der Waals surface area contributed by atoms with E-state index in [-0.39, 0.29) is 18.2 Å². The first kappa shape index (κ1) is 16.9. The lowest BCUT2D eigenvalue weighted by Gasteiger charge is -2.25. The maximum Gasteiger partial charge on any atom is 0.280 e. The Morgan fingerprint density at radius 1 is 1.43 bits per heavy atom. The number of nitrogens with one attached hydrogen (secondary N) is 1. The minimum absolute atomic E-state index is 0.0274. The second-order valence-electron chi connectivity index (χ2n) is 4.96. The molecule has 1 aliphatic rings. The smallest absolute Gasteiger partial charge is 0.280 e. The van der Waals surface area contributed by atoms with E-state index in [0.717, 1.165) is 10.6 Å². The van der Waals surface area contributed by atoms with Gasteiger partial charge < -0.3 is 14.8 Å². The first-order chi connectivity index (χ1) is 11.1. The van der Waals surface area contributed by atoms with Crippen molar-refractivity contribution in [1.82, 2.24) is 10.5 Å². The lowest BCUT2D eigenvalue weighted by atomic mass is 9.94. The van der Waals surface area contributed by atoms with Crippen molar-refractivity contribution in [3.05, 3.63) is 35.9 Å². The van der Waals surface area contributed by atoms with E-state index in [1.807, 2.05) is 35.8 Å². The van der Waals surface area contributed by atoms with Crippen LogP contribution in [-0.2, 0) is 21.0 Å². The van der Waals surface area contributed by atoms with Crippen molar-refractivity contribution in [2.75, 3.05) is 13.7 Å². The summed E-state index contributed by atoms with van der Waals surface area (Å²) in [7, 11) is 1.47. The van der Waals surface area contributed by atoms with Crippen LogP contribution in [0, 0.1) is 0 Å². The highest BCUT2D eigenvalue weighted by Gasteiger charge is 2.55. The molecule has 8 heteroatoms. The van der Waals surface area contributed by atoms with Gasteiger partial charge in [-0.05, 0) is 19.4 Å². The van der Waals surface area contributed by atoms with Crippen LogP contribution in [0.3, 0.4) is 0 Å². The molecule has 2 rings (SSSR count). The van der Waals surface area contributed by atoms with E-state index < -0.39 is 11.4 Å². The minimum atomic E-state index is -1.67. The molecule has 8 nitrogen and oxygen atoms in total. The molecule has 1 heterocycles. The average Bonchev–Trinajstić information content (AvgIpc) is 2.80. The normalized spacial score (nSPS) is 21.4. The molecule has 0 fully saturated rings. The Morgan fingerprint density at radius 2 is 2.13 bits per heavy atom. The molecule has 23 heavy (non-hydrogen) atoms. The van der Waals surface area contributed by atoms with E-state index in [4.69, 9.17) is 9.57 Å². The Labute approximate surface area is 134 Å². The van der Waals surface area contributed by atoms with Crippen LogP contribution in [0.1, 0.15) is 19.4 Å². The number of rotatable bonds is 6. The molecular formula is C15H20N4O4. The van der Waals surface area contributed by atoms with Gasteiger partial charge in [0.2, 0.25) is 11.4 Å². The van der Waals surface area contributed by atoms with Gasteiger partial charge in [0.25, 0.3) is 5.91 Å². The van der Waals surface area contributed by atoms with Gasteiger partial charge in [0, 0.05) is 7.05 Å². The van der Waals surface area contributed by atoms with Crippen LogP contribution in [0.15, 0.2) is 40.6 Å². The van der Waals surface area contributed by atoms with Gasteiger partial charge in [0.1, 0.15) is 6.61 Å². The molecule has 0 saturated heterocycles. The van der Waals surface area contributed by atoms with Crippen molar-refractivity contribution in [1.29, 1.82) is 0 Å². The van der Waals surface area contributed by atoms with E-state index in [9.17, 15) is 10.0 Å². The summed E-state index contributed by atoms with van der Waals surface area (Å²) in [5.74, 6) is -0.479. The van der Waals surface area contributed by atoms with E-state index >= 15 is 0 Å². The Bertz CT molecular complexity index is 617. The fraction of sp³-hybridized carbons (Fsp3) is 0.400. The first-order valence-electron chi connectivity index (χ1n) is 7.18. The number of hydrazone groups is 1. The third-order valence-electron chi connectivity index (χ3n) is 3.44. The highest BCUT2D eigenvalue weighted by atomic mass is 16.6. The Hall–Kier alpha value is -2.45. The molecular weight excluding hydrogens is 300 g/mol. The number of ether oxygens (including phenoxy) is 1. The summed E-state index contributed by atoms with van der Waals surface area (Å²) < 4.78 is 5.36. The summed E-state index contributed by atoms with van der Waals surface area (Å²) in [6.45, 7) is 3.85. The van der Waals surface area contributed by atoms with Crippen molar-refractivity contribution in [3.8, 4) is 0 Å². The van der Waals surface area contributed by atoms with Gasteiger partial charge in [-0.3, -0.25) is 4.79 Å². The summed E-state index contributed by atoms with van der Waals surface area (Å²) in [4.78, 5) is 17.7. The van der Waals surface area contributed by atoms with Crippen molar-refractivity contribution in [3.63, 3.8) is 0 Å². The largest absolute Gasteiger partial charge is 0.478 e. The molecule has 1 unspecified atom stereocenters. The van der Waals surface area contributed by atoms with Crippen molar-refractivity contribution in [2.45, 2.75) is 26.0 Å². The first-order valence-corrected chi connectivity index (χ1v) is 7.18. The number of amides is 1. The number of hydroxylamine groups is 1. The molecule has 1 aromatic rings. The van der Waals surface area contributed by atoms with Gasteiger partial charge in [-0.25, -0.2) is 5.01 Å². The Morgan fingerprint density at radius 3 is 2.74 bits per heavy atom. The third kappa shape index (κ3) is 3.17. The molecule has 0 aliphatic carbocycles. The molecule has 1 amide bonds. The van der Waals surface area contributed by atoms with Crippen LogP contribution in [0.4, 0.5) is 0 Å². The lowest BCUT2D eigenvalue weighted by molar-refractivity contribution is -0.133. The standard InChI is InChI=1S/C15H20N4O4/c1-4-22-13-15(18-21,14(20)19(3)16-13)11(2)17-23-10-12-8-6-5-7-9-12/h5-9,18,21H,4,10H2,1-3H3/b17-11+. The quantitative estimate of drug-likeness (QED) is 0.605. The minimum Gasteiger partial charge on any atom is -0.478 e. The summed E-state index contributed by atoms with van der Waals surface area (Å²) in [5, 5.41) is 18.6.